The third-order valence-electron chi connectivity index (χ3n) is 3.78. The van der Waals surface area contributed by atoms with Gasteiger partial charge in [-0.3, -0.25) is 0 Å². The Hall–Kier alpha value is -0.0800. The third-order valence-corrected chi connectivity index (χ3v) is 3.78. The highest BCUT2D eigenvalue weighted by atomic mass is 16.5. The molecule has 2 nitrogen and oxygen atoms in total. The van der Waals surface area contributed by atoms with Crippen molar-refractivity contribution < 1.29 is 4.74 Å². The summed E-state index contributed by atoms with van der Waals surface area (Å²) in [5, 5.41) is 3.61. The van der Waals surface area contributed by atoms with Gasteiger partial charge < -0.3 is 10.1 Å². The first kappa shape index (κ1) is 15.0. The second-order valence-corrected chi connectivity index (χ2v) is 6.09. The monoisotopic (exact) mass is 241 g/mol. The molecule has 0 aromatic heterocycles. The van der Waals surface area contributed by atoms with E-state index in [0.29, 0.717) is 5.41 Å². The van der Waals surface area contributed by atoms with Gasteiger partial charge in [0.15, 0.2) is 0 Å². The molecule has 1 saturated carbocycles. The van der Waals surface area contributed by atoms with Gasteiger partial charge in [0.2, 0.25) is 0 Å². The van der Waals surface area contributed by atoms with Crippen molar-refractivity contribution >= 4 is 0 Å². The molecule has 0 atom stereocenters. The molecule has 0 unspecified atom stereocenters. The third kappa shape index (κ3) is 5.87. The first-order chi connectivity index (χ1) is 8.18. The van der Waals surface area contributed by atoms with Crippen LogP contribution in [-0.2, 0) is 4.74 Å². The molecule has 0 bridgehead atoms. The van der Waals surface area contributed by atoms with Gasteiger partial charge in [0.25, 0.3) is 0 Å². The predicted molar refractivity (Wildman–Crippen MR) is 74.3 cm³/mol. The predicted octanol–water partition coefficient (Wildman–Crippen LogP) is 3.61. The summed E-state index contributed by atoms with van der Waals surface area (Å²) in [4.78, 5) is 0. The van der Waals surface area contributed by atoms with E-state index in [0.717, 1.165) is 32.1 Å². The first-order valence-corrected chi connectivity index (χ1v) is 7.47. The van der Waals surface area contributed by atoms with Gasteiger partial charge in [-0.05, 0) is 37.0 Å². The summed E-state index contributed by atoms with van der Waals surface area (Å²) in [7, 11) is 0. The van der Waals surface area contributed by atoms with Crippen molar-refractivity contribution in [3.8, 4) is 0 Å². The van der Waals surface area contributed by atoms with Crippen LogP contribution in [0.5, 0.6) is 0 Å². The Kier molecular flexibility index (Phi) is 7.14. The lowest BCUT2D eigenvalue weighted by Crippen LogP contribution is -2.35. The lowest BCUT2D eigenvalue weighted by Gasteiger charge is -2.31. The Morgan fingerprint density at radius 3 is 2.47 bits per heavy atom. The normalized spacial score (nSPS) is 19.1. The van der Waals surface area contributed by atoms with E-state index in [1.807, 2.05) is 0 Å². The number of hydrogen-bond acceptors (Lipinski definition) is 2. The fraction of sp³-hybridized carbons (Fsp3) is 1.00. The highest BCUT2D eigenvalue weighted by molar-refractivity contribution is 4.87. The van der Waals surface area contributed by atoms with E-state index in [4.69, 9.17) is 4.74 Å². The summed E-state index contributed by atoms with van der Waals surface area (Å²) in [6.45, 7) is 10.8. The van der Waals surface area contributed by atoms with Crippen LogP contribution in [-0.4, -0.2) is 26.3 Å². The topological polar surface area (TPSA) is 21.3 Å². The van der Waals surface area contributed by atoms with Crippen molar-refractivity contribution in [2.75, 3.05) is 26.3 Å². The molecule has 0 heterocycles. The fourth-order valence-corrected chi connectivity index (χ4v) is 3.19. The van der Waals surface area contributed by atoms with Gasteiger partial charge in [0, 0.05) is 19.7 Å². The van der Waals surface area contributed by atoms with E-state index in [-0.39, 0.29) is 0 Å². The van der Waals surface area contributed by atoms with Crippen molar-refractivity contribution in [3.05, 3.63) is 0 Å². The van der Waals surface area contributed by atoms with Crippen molar-refractivity contribution in [2.45, 2.75) is 59.3 Å². The van der Waals surface area contributed by atoms with Crippen LogP contribution in [0.15, 0.2) is 0 Å². The second-order valence-electron chi connectivity index (χ2n) is 6.09. The van der Waals surface area contributed by atoms with Crippen LogP contribution in [0.2, 0.25) is 0 Å². The molecule has 1 fully saturated rings. The van der Waals surface area contributed by atoms with Crippen molar-refractivity contribution in [1.29, 1.82) is 0 Å². The second kappa shape index (κ2) is 8.10. The lowest BCUT2D eigenvalue weighted by molar-refractivity contribution is 0.131. The van der Waals surface area contributed by atoms with Crippen LogP contribution >= 0.6 is 0 Å². The zero-order chi connectivity index (χ0) is 12.6. The maximum atomic E-state index is 5.50. The van der Waals surface area contributed by atoms with E-state index in [2.05, 4.69) is 26.1 Å². The number of nitrogens with one attached hydrogen (secondary N) is 1. The lowest BCUT2D eigenvalue weighted by atomic mass is 9.78. The van der Waals surface area contributed by atoms with Crippen LogP contribution in [0.4, 0.5) is 0 Å². The van der Waals surface area contributed by atoms with Crippen LogP contribution in [0.25, 0.3) is 0 Å². The molecule has 0 spiro atoms. The van der Waals surface area contributed by atoms with Crippen molar-refractivity contribution in [3.63, 3.8) is 0 Å². The Morgan fingerprint density at radius 2 is 1.88 bits per heavy atom. The standard InChI is InChI=1S/C15H31NO/c1-4-10-17-11-9-16-13-15(12-14(2)3)7-5-6-8-15/h14,16H,4-13H2,1-3H3. The number of ether oxygens (including phenoxy) is 1. The SMILES string of the molecule is CCCOCCNCC1(CC(C)C)CCCC1. The summed E-state index contributed by atoms with van der Waals surface area (Å²) in [6, 6.07) is 0. The molecule has 1 rings (SSSR count). The fourth-order valence-electron chi connectivity index (χ4n) is 3.19. The molecule has 0 aromatic carbocycles. The molecule has 1 aliphatic carbocycles. The Balaban J connectivity index is 2.16. The van der Waals surface area contributed by atoms with Crippen LogP contribution in [0.1, 0.15) is 59.3 Å². The molecule has 1 aliphatic rings. The van der Waals surface area contributed by atoms with Gasteiger partial charge in [0.1, 0.15) is 0 Å². The molecule has 0 radical (unpaired) electrons. The van der Waals surface area contributed by atoms with Gasteiger partial charge >= 0.3 is 0 Å². The van der Waals surface area contributed by atoms with E-state index in [1.165, 1.54) is 38.6 Å². The van der Waals surface area contributed by atoms with E-state index in [9.17, 15) is 0 Å². The minimum absolute atomic E-state index is 0.596. The van der Waals surface area contributed by atoms with Crippen LogP contribution < -0.4 is 5.32 Å². The average molecular weight is 241 g/mol. The molecule has 1 N–H and O–H groups in total. The Morgan fingerprint density at radius 1 is 1.18 bits per heavy atom. The summed E-state index contributed by atoms with van der Waals surface area (Å²) in [6.07, 6.45) is 8.22. The van der Waals surface area contributed by atoms with Crippen LogP contribution in [0, 0.1) is 11.3 Å². The Bertz CT molecular complexity index is 185. The quantitative estimate of drug-likeness (QED) is 0.623. The van der Waals surface area contributed by atoms with E-state index >= 15 is 0 Å². The van der Waals surface area contributed by atoms with E-state index < -0.39 is 0 Å². The van der Waals surface area contributed by atoms with Crippen LogP contribution in [0.3, 0.4) is 0 Å². The number of hydrogen-bond donors (Lipinski definition) is 1. The maximum absolute atomic E-state index is 5.50. The first-order valence-electron chi connectivity index (χ1n) is 7.47. The molecule has 0 aromatic rings. The highest BCUT2D eigenvalue weighted by Gasteiger charge is 2.33. The molecule has 0 saturated heterocycles. The molecule has 0 aliphatic heterocycles. The molecular weight excluding hydrogens is 210 g/mol. The zero-order valence-electron chi connectivity index (χ0n) is 12.1. The molecule has 17 heavy (non-hydrogen) atoms. The zero-order valence-corrected chi connectivity index (χ0v) is 12.1. The minimum atomic E-state index is 0.596. The summed E-state index contributed by atoms with van der Waals surface area (Å²) >= 11 is 0. The molecule has 2 heteroatoms. The van der Waals surface area contributed by atoms with Gasteiger partial charge in [-0.25, -0.2) is 0 Å². The maximum Gasteiger partial charge on any atom is 0.0590 e. The Labute approximate surface area is 108 Å². The largest absolute Gasteiger partial charge is 0.380 e. The van der Waals surface area contributed by atoms with Gasteiger partial charge in [-0.15, -0.1) is 0 Å². The van der Waals surface area contributed by atoms with E-state index in [1.54, 1.807) is 0 Å². The molecular formula is C15H31NO. The average Bonchev–Trinajstić information content (AvgIpc) is 2.71. The van der Waals surface area contributed by atoms with Crippen molar-refractivity contribution in [2.24, 2.45) is 11.3 Å². The summed E-state index contributed by atoms with van der Waals surface area (Å²) in [5.74, 6) is 0.825. The van der Waals surface area contributed by atoms with Gasteiger partial charge in [-0.2, -0.15) is 0 Å². The smallest absolute Gasteiger partial charge is 0.0590 e. The van der Waals surface area contributed by atoms with Gasteiger partial charge in [-0.1, -0.05) is 33.6 Å². The number of rotatable bonds is 9. The molecule has 102 valence electrons. The van der Waals surface area contributed by atoms with Crippen molar-refractivity contribution in [1.82, 2.24) is 5.32 Å². The summed E-state index contributed by atoms with van der Waals surface area (Å²) < 4.78 is 5.50. The minimum Gasteiger partial charge on any atom is -0.380 e. The summed E-state index contributed by atoms with van der Waals surface area (Å²) in [5.41, 5.74) is 0.596. The highest BCUT2D eigenvalue weighted by Crippen LogP contribution is 2.42. The van der Waals surface area contributed by atoms with Gasteiger partial charge in [0.05, 0.1) is 6.61 Å². The molecule has 0 amide bonds.